The summed E-state index contributed by atoms with van der Waals surface area (Å²) in [5.74, 6) is -0.244. The van der Waals surface area contributed by atoms with E-state index in [-0.39, 0.29) is 12.1 Å². The van der Waals surface area contributed by atoms with Crippen LogP contribution in [0.3, 0.4) is 0 Å². The van der Waals surface area contributed by atoms with Crippen molar-refractivity contribution in [2.45, 2.75) is 33.3 Å². The predicted molar refractivity (Wildman–Crippen MR) is 49.8 cm³/mol. The van der Waals surface area contributed by atoms with Gasteiger partial charge in [-0.1, -0.05) is 12.2 Å². The molecule has 0 saturated heterocycles. The molecule has 0 rings (SSSR count). The molecule has 0 aliphatic heterocycles. The highest BCUT2D eigenvalue weighted by atomic mass is 16.5. The number of carbonyl (C=O) groups excluding carboxylic acids is 1. The second-order valence-corrected chi connectivity index (χ2v) is 2.71. The lowest BCUT2D eigenvalue weighted by atomic mass is 10.2. The number of hydrogen-bond donors (Lipinski definition) is 0. The summed E-state index contributed by atoms with van der Waals surface area (Å²) in [5.41, 5.74) is 0.644. The number of hydrogen-bond acceptors (Lipinski definition) is 2. The lowest BCUT2D eigenvalue weighted by Gasteiger charge is -2.10. The zero-order valence-electron chi connectivity index (χ0n) is 7.96. The molecule has 1 unspecified atom stereocenters. The Morgan fingerprint density at radius 2 is 2.25 bits per heavy atom. The van der Waals surface area contributed by atoms with Crippen LogP contribution in [0.1, 0.15) is 27.2 Å². The molecule has 0 amide bonds. The van der Waals surface area contributed by atoms with Crippen molar-refractivity contribution in [3.8, 4) is 0 Å². The molecule has 1 atom stereocenters. The Morgan fingerprint density at radius 3 is 2.67 bits per heavy atom. The minimum Gasteiger partial charge on any atom is -0.459 e. The Hall–Kier alpha value is -1.05. The molecule has 0 heterocycles. The number of allylic oxidation sites excluding steroid dienone is 1. The summed E-state index contributed by atoms with van der Waals surface area (Å²) < 4.78 is 5.06. The van der Waals surface area contributed by atoms with E-state index in [1.54, 1.807) is 19.1 Å². The van der Waals surface area contributed by atoms with Crippen LogP contribution in [-0.4, -0.2) is 12.1 Å². The van der Waals surface area contributed by atoms with Crippen LogP contribution in [0, 0.1) is 0 Å². The van der Waals surface area contributed by atoms with E-state index in [1.165, 1.54) is 0 Å². The Kier molecular flexibility index (Phi) is 5.09. The Labute approximate surface area is 73.9 Å². The van der Waals surface area contributed by atoms with Gasteiger partial charge in [0.1, 0.15) is 6.10 Å². The molecule has 0 saturated carbocycles. The van der Waals surface area contributed by atoms with Gasteiger partial charge in [0, 0.05) is 12.0 Å². The summed E-state index contributed by atoms with van der Waals surface area (Å²) >= 11 is 0. The summed E-state index contributed by atoms with van der Waals surface area (Å²) in [6, 6.07) is 0. The van der Waals surface area contributed by atoms with E-state index < -0.39 is 0 Å². The van der Waals surface area contributed by atoms with Crippen molar-refractivity contribution >= 4 is 5.97 Å². The Bertz CT molecular complexity index is 192. The maximum absolute atomic E-state index is 11.1. The fourth-order valence-electron chi connectivity index (χ4n) is 0.676. The van der Waals surface area contributed by atoms with E-state index in [1.807, 2.05) is 13.8 Å². The van der Waals surface area contributed by atoms with Gasteiger partial charge in [-0.05, 0) is 20.8 Å². The van der Waals surface area contributed by atoms with Crippen molar-refractivity contribution in [1.29, 1.82) is 0 Å². The molecule has 0 aromatic rings. The molecule has 68 valence electrons. The second-order valence-electron chi connectivity index (χ2n) is 2.71. The van der Waals surface area contributed by atoms with E-state index in [0.29, 0.717) is 12.0 Å². The molecule has 0 fully saturated rings. The standard InChI is InChI=1S/C10H16O2/c1-5-7-9(4)12-10(11)8(3)6-2/h5-6,9H,1,7H2,2-4H3/b8-6-. The lowest BCUT2D eigenvalue weighted by molar-refractivity contribution is -0.143. The number of rotatable bonds is 4. The zero-order chi connectivity index (χ0) is 9.56. The average molecular weight is 168 g/mol. The van der Waals surface area contributed by atoms with Crippen LogP contribution in [0.2, 0.25) is 0 Å². The van der Waals surface area contributed by atoms with Gasteiger partial charge >= 0.3 is 5.97 Å². The fourth-order valence-corrected chi connectivity index (χ4v) is 0.676. The van der Waals surface area contributed by atoms with Gasteiger partial charge in [-0.15, -0.1) is 6.58 Å². The van der Waals surface area contributed by atoms with Crippen LogP contribution in [0.15, 0.2) is 24.3 Å². The number of carbonyl (C=O) groups is 1. The summed E-state index contributed by atoms with van der Waals surface area (Å²) in [4.78, 5) is 11.1. The summed E-state index contributed by atoms with van der Waals surface area (Å²) in [6.45, 7) is 8.97. The normalized spacial score (nSPS) is 13.8. The maximum Gasteiger partial charge on any atom is 0.333 e. The van der Waals surface area contributed by atoms with E-state index in [2.05, 4.69) is 6.58 Å². The number of ether oxygens (including phenoxy) is 1. The van der Waals surface area contributed by atoms with Crippen molar-refractivity contribution in [1.82, 2.24) is 0 Å². The highest BCUT2D eigenvalue weighted by Gasteiger charge is 2.08. The highest BCUT2D eigenvalue weighted by molar-refractivity contribution is 5.87. The van der Waals surface area contributed by atoms with Gasteiger partial charge in [0.15, 0.2) is 0 Å². The fraction of sp³-hybridized carbons (Fsp3) is 0.500. The van der Waals surface area contributed by atoms with Gasteiger partial charge in [-0.25, -0.2) is 4.79 Å². The third-order valence-electron chi connectivity index (χ3n) is 1.56. The molecule has 2 nitrogen and oxygen atoms in total. The van der Waals surface area contributed by atoms with Gasteiger partial charge in [0.25, 0.3) is 0 Å². The maximum atomic E-state index is 11.1. The molecule has 0 aliphatic carbocycles. The first kappa shape index (κ1) is 11.0. The molecule has 2 heteroatoms. The average Bonchev–Trinajstić information content (AvgIpc) is 2.03. The number of esters is 1. The lowest BCUT2D eigenvalue weighted by Crippen LogP contribution is -2.14. The van der Waals surface area contributed by atoms with E-state index in [9.17, 15) is 4.79 Å². The Balaban J connectivity index is 3.92. The first-order valence-corrected chi connectivity index (χ1v) is 4.06. The van der Waals surface area contributed by atoms with E-state index in [0.717, 1.165) is 0 Å². The second kappa shape index (κ2) is 5.58. The largest absolute Gasteiger partial charge is 0.459 e. The Morgan fingerprint density at radius 1 is 1.67 bits per heavy atom. The molecule has 0 aromatic heterocycles. The summed E-state index contributed by atoms with van der Waals surface area (Å²) in [5, 5.41) is 0. The summed E-state index contributed by atoms with van der Waals surface area (Å²) in [7, 11) is 0. The first-order valence-electron chi connectivity index (χ1n) is 4.06. The van der Waals surface area contributed by atoms with Gasteiger partial charge in [-0.2, -0.15) is 0 Å². The molecule has 0 bridgehead atoms. The predicted octanol–water partition coefficient (Wildman–Crippen LogP) is 2.46. The third-order valence-corrected chi connectivity index (χ3v) is 1.56. The molecule has 12 heavy (non-hydrogen) atoms. The smallest absolute Gasteiger partial charge is 0.333 e. The SMILES string of the molecule is C=CCC(C)OC(=O)/C(C)=C\C. The van der Waals surface area contributed by atoms with Crippen LogP contribution >= 0.6 is 0 Å². The minimum absolute atomic E-state index is 0.0788. The molecular formula is C10H16O2. The van der Waals surface area contributed by atoms with Crippen LogP contribution in [0.25, 0.3) is 0 Å². The van der Waals surface area contributed by atoms with Crippen molar-refractivity contribution in [3.63, 3.8) is 0 Å². The highest BCUT2D eigenvalue weighted by Crippen LogP contribution is 2.03. The van der Waals surface area contributed by atoms with Crippen LogP contribution < -0.4 is 0 Å². The summed E-state index contributed by atoms with van der Waals surface area (Å²) in [6.07, 6.45) is 4.10. The van der Waals surface area contributed by atoms with Crippen molar-refractivity contribution in [2.75, 3.05) is 0 Å². The van der Waals surface area contributed by atoms with E-state index in [4.69, 9.17) is 4.74 Å². The third kappa shape index (κ3) is 3.96. The van der Waals surface area contributed by atoms with Crippen molar-refractivity contribution in [3.05, 3.63) is 24.3 Å². The molecule has 0 radical (unpaired) electrons. The molecule has 0 aromatic carbocycles. The monoisotopic (exact) mass is 168 g/mol. The first-order chi connectivity index (χ1) is 5.61. The quantitative estimate of drug-likeness (QED) is 0.366. The van der Waals surface area contributed by atoms with Crippen LogP contribution in [0.5, 0.6) is 0 Å². The van der Waals surface area contributed by atoms with Crippen molar-refractivity contribution in [2.24, 2.45) is 0 Å². The zero-order valence-corrected chi connectivity index (χ0v) is 7.96. The molecule has 0 N–H and O–H groups in total. The topological polar surface area (TPSA) is 26.3 Å². The van der Waals surface area contributed by atoms with Crippen molar-refractivity contribution < 1.29 is 9.53 Å². The van der Waals surface area contributed by atoms with Crippen LogP contribution in [-0.2, 0) is 9.53 Å². The molecular weight excluding hydrogens is 152 g/mol. The van der Waals surface area contributed by atoms with Gasteiger partial charge < -0.3 is 4.74 Å². The van der Waals surface area contributed by atoms with Crippen LogP contribution in [0.4, 0.5) is 0 Å². The van der Waals surface area contributed by atoms with E-state index >= 15 is 0 Å². The van der Waals surface area contributed by atoms with Gasteiger partial charge in [0.05, 0.1) is 0 Å². The minimum atomic E-state index is -0.244. The molecule has 0 aliphatic rings. The van der Waals surface area contributed by atoms with Gasteiger partial charge in [-0.3, -0.25) is 0 Å². The van der Waals surface area contributed by atoms with Gasteiger partial charge in [0.2, 0.25) is 0 Å². The molecule has 0 spiro atoms.